The number of hydrogen-bond donors (Lipinski definition) is 2. The van der Waals surface area contributed by atoms with E-state index < -0.39 is 0 Å². The van der Waals surface area contributed by atoms with Crippen LogP contribution >= 0.6 is 0 Å². The van der Waals surface area contributed by atoms with E-state index in [-0.39, 0.29) is 23.5 Å². The number of rotatable bonds is 4. The van der Waals surface area contributed by atoms with Crippen LogP contribution in [0.4, 0.5) is 0 Å². The van der Waals surface area contributed by atoms with Crippen LogP contribution in [0.15, 0.2) is 12.3 Å². The number of aromatic nitrogens is 2. The first-order valence-electron chi connectivity index (χ1n) is 8.54. The number of piperidine rings is 1. The van der Waals surface area contributed by atoms with Gasteiger partial charge in [-0.3, -0.25) is 9.48 Å². The van der Waals surface area contributed by atoms with E-state index in [1.807, 2.05) is 16.9 Å². The van der Waals surface area contributed by atoms with Crippen LogP contribution in [-0.2, 0) is 4.74 Å². The smallest absolute Gasteiger partial charge is 0.272 e. The summed E-state index contributed by atoms with van der Waals surface area (Å²) in [7, 11) is 1.74. The number of nitrogens with zero attached hydrogens (tertiary/aromatic N) is 2. The Morgan fingerprint density at radius 2 is 2.30 bits per heavy atom. The summed E-state index contributed by atoms with van der Waals surface area (Å²) in [5.74, 6) is 0.218. The lowest BCUT2D eigenvalue weighted by atomic mass is 9.58. The molecule has 6 nitrogen and oxygen atoms in total. The van der Waals surface area contributed by atoms with Gasteiger partial charge in [0.05, 0.1) is 12.1 Å². The molecule has 4 unspecified atom stereocenters. The minimum Gasteiger partial charge on any atom is -0.380 e. The fourth-order valence-corrected chi connectivity index (χ4v) is 4.36. The highest BCUT2D eigenvalue weighted by molar-refractivity contribution is 5.92. The highest BCUT2D eigenvalue weighted by Gasteiger charge is 2.55. The third-order valence-corrected chi connectivity index (χ3v) is 5.56. The van der Waals surface area contributed by atoms with E-state index in [0.29, 0.717) is 17.7 Å². The molecule has 1 aromatic heterocycles. The van der Waals surface area contributed by atoms with E-state index >= 15 is 0 Å². The Kier molecular flexibility index (Phi) is 4.47. The number of nitrogens with one attached hydrogen (secondary N) is 2. The van der Waals surface area contributed by atoms with Gasteiger partial charge < -0.3 is 15.4 Å². The zero-order chi connectivity index (χ0) is 16.6. The third-order valence-electron chi connectivity index (χ3n) is 5.56. The minimum atomic E-state index is -0.0907. The molecule has 2 N–H and O–H groups in total. The Labute approximate surface area is 138 Å². The van der Waals surface area contributed by atoms with Crippen LogP contribution in [0.3, 0.4) is 0 Å². The largest absolute Gasteiger partial charge is 0.380 e. The van der Waals surface area contributed by atoms with Crippen LogP contribution in [0.25, 0.3) is 0 Å². The first kappa shape index (κ1) is 16.5. The second-order valence-corrected chi connectivity index (χ2v) is 7.47. The number of methoxy groups -OCH3 is 1. The maximum absolute atomic E-state index is 12.5. The first-order chi connectivity index (χ1) is 10.9. The molecule has 0 aromatic carbocycles. The van der Waals surface area contributed by atoms with Crippen LogP contribution in [-0.4, -0.2) is 48.0 Å². The molecule has 1 aliphatic carbocycles. The van der Waals surface area contributed by atoms with E-state index in [2.05, 4.69) is 36.5 Å². The Morgan fingerprint density at radius 1 is 1.52 bits per heavy atom. The van der Waals surface area contributed by atoms with Crippen molar-refractivity contribution in [3.8, 4) is 0 Å². The van der Waals surface area contributed by atoms with Gasteiger partial charge >= 0.3 is 0 Å². The topological polar surface area (TPSA) is 68.2 Å². The lowest BCUT2D eigenvalue weighted by Gasteiger charge is -2.56. The van der Waals surface area contributed by atoms with Crippen molar-refractivity contribution < 1.29 is 9.53 Å². The standard InChI is InChI=1S/C17H28N4O2/c1-11-14(17(2,3)15(11)23-4)19-16(22)13-7-9-21(20-13)12-6-5-8-18-10-12/h7,9,11-12,14-15,18H,5-6,8,10H2,1-4H3,(H,19,22). The number of amides is 1. The van der Waals surface area contributed by atoms with Crippen molar-refractivity contribution in [3.63, 3.8) is 0 Å². The molecule has 1 saturated carbocycles. The molecule has 0 bridgehead atoms. The molecule has 4 atom stereocenters. The average Bonchev–Trinajstić information content (AvgIpc) is 3.03. The second-order valence-electron chi connectivity index (χ2n) is 7.47. The zero-order valence-electron chi connectivity index (χ0n) is 14.5. The lowest BCUT2D eigenvalue weighted by molar-refractivity contribution is -0.141. The normalized spacial score (nSPS) is 33.0. The minimum absolute atomic E-state index is 0.0559. The van der Waals surface area contributed by atoms with Gasteiger partial charge in [0.2, 0.25) is 0 Å². The predicted molar refractivity (Wildman–Crippen MR) is 88.4 cm³/mol. The molecule has 1 aromatic rings. The number of carbonyl (C=O) groups is 1. The van der Waals surface area contributed by atoms with Crippen LogP contribution in [0.2, 0.25) is 0 Å². The zero-order valence-corrected chi connectivity index (χ0v) is 14.5. The van der Waals surface area contributed by atoms with Gasteiger partial charge in [-0.05, 0) is 25.5 Å². The second kappa shape index (κ2) is 6.24. The van der Waals surface area contributed by atoms with Crippen LogP contribution < -0.4 is 10.6 Å². The van der Waals surface area contributed by atoms with Gasteiger partial charge in [0, 0.05) is 37.2 Å². The van der Waals surface area contributed by atoms with Gasteiger partial charge in [0.1, 0.15) is 5.69 Å². The van der Waals surface area contributed by atoms with Crippen molar-refractivity contribution in [1.29, 1.82) is 0 Å². The van der Waals surface area contributed by atoms with Gasteiger partial charge in [-0.15, -0.1) is 0 Å². The van der Waals surface area contributed by atoms with Gasteiger partial charge in [-0.2, -0.15) is 5.10 Å². The van der Waals surface area contributed by atoms with Crippen LogP contribution in [0.5, 0.6) is 0 Å². The SMILES string of the molecule is COC1C(C)C(NC(=O)c2ccn(C3CCCNC3)n2)C1(C)C. The Balaban J connectivity index is 1.64. The van der Waals surface area contributed by atoms with E-state index in [0.717, 1.165) is 25.9 Å². The molecule has 2 aliphatic rings. The molecular weight excluding hydrogens is 292 g/mol. The fraction of sp³-hybridized carbons (Fsp3) is 0.765. The van der Waals surface area contributed by atoms with Crippen molar-refractivity contribution in [2.24, 2.45) is 11.3 Å². The van der Waals surface area contributed by atoms with E-state index in [9.17, 15) is 4.79 Å². The number of ether oxygens (including phenoxy) is 1. The molecular formula is C17H28N4O2. The molecule has 2 heterocycles. The number of hydrogen-bond acceptors (Lipinski definition) is 4. The molecule has 6 heteroatoms. The third kappa shape index (κ3) is 2.90. The lowest BCUT2D eigenvalue weighted by Crippen LogP contribution is -2.67. The summed E-state index contributed by atoms with van der Waals surface area (Å²) in [5.41, 5.74) is 0.444. The van der Waals surface area contributed by atoms with Gasteiger partial charge in [0.15, 0.2) is 0 Å². The molecule has 1 amide bonds. The Bertz CT molecular complexity index is 563. The summed E-state index contributed by atoms with van der Waals surface area (Å²) in [6.07, 6.45) is 4.36. The van der Waals surface area contributed by atoms with E-state index in [1.54, 1.807) is 7.11 Å². The summed E-state index contributed by atoms with van der Waals surface area (Å²) in [6, 6.07) is 2.28. The predicted octanol–water partition coefficient (Wildman–Crippen LogP) is 1.60. The molecule has 1 aliphatic heterocycles. The summed E-state index contributed by atoms with van der Waals surface area (Å²) in [4.78, 5) is 12.5. The monoisotopic (exact) mass is 320 g/mol. The van der Waals surface area contributed by atoms with Crippen molar-refractivity contribution in [2.75, 3.05) is 20.2 Å². The van der Waals surface area contributed by atoms with Crippen LogP contribution in [0, 0.1) is 11.3 Å². The molecule has 3 rings (SSSR count). The number of carbonyl (C=O) groups excluding carboxylic acids is 1. The maximum Gasteiger partial charge on any atom is 0.272 e. The highest BCUT2D eigenvalue weighted by Crippen LogP contribution is 2.46. The average molecular weight is 320 g/mol. The van der Waals surface area contributed by atoms with E-state index in [4.69, 9.17) is 4.74 Å². The molecule has 23 heavy (non-hydrogen) atoms. The molecule has 1 saturated heterocycles. The fourth-order valence-electron chi connectivity index (χ4n) is 4.36. The molecule has 2 fully saturated rings. The van der Waals surface area contributed by atoms with Crippen molar-refractivity contribution in [3.05, 3.63) is 18.0 Å². The van der Waals surface area contributed by atoms with Gasteiger partial charge in [-0.25, -0.2) is 0 Å². The van der Waals surface area contributed by atoms with Gasteiger partial charge in [0.25, 0.3) is 5.91 Å². The Hall–Kier alpha value is -1.40. The maximum atomic E-state index is 12.5. The summed E-state index contributed by atoms with van der Waals surface area (Å²) in [5, 5.41) is 11.0. The summed E-state index contributed by atoms with van der Waals surface area (Å²) < 4.78 is 7.46. The van der Waals surface area contributed by atoms with Gasteiger partial charge in [-0.1, -0.05) is 20.8 Å². The quantitative estimate of drug-likeness (QED) is 0.884. The molecule has 128 valence electrons. The van der Waals surface area contributed by atoms with Crippen molar-refractivity contribution >= 4 is 5.91 Å². The van der Waals surface area contributed by atoms with Crippen LogP contribution in [0.1, 0.15) is 50.1 Å². The van der Waals surface area contributed by atoms with Crippen molar-refractivity contribution in [2.45, 2.75) is 51.8 Å². The molecule has 0 spiro atoms. The highest BCUT2D eigenvalue weighted by atomic mass is 16.5. The van der Waals surface area contributed by atoms with Crippen molar-refractivity contribution in [1.82, 2.24) is 20.4 Å². The first-order valence-corrected chi connectivity index (χ1v) is 8.54. The summed E-state index contributed by atoms with van der Waals surface area (Å²) in [6.45, 7) is 8.39. The van der Waals surface area contributed by atoms with E-state index in [1.165, 1.54) is 0 Å². The Morgan fingerprint density at radius 3 is 2.91 bits per heavy atom. The summed E-state index contributed by atoms with van der Waals surface area (Å²) >= 11 is 0. The molecule has 0 radical (unpaired) electrons.